The van der Waals surface area contributed by atoms with Crippen molar-refractivity contribution in [2.45, 2.75) is 6.61 Å². The average molecular weight is 160 g/mol. The maximum Gasteiger partial charge on any atom is 0.266 e. The van der Waals surface area contributed by atoms with Gasteiger partial charge < -0.3 is 10.1 Å². The van der Waals surface area contributed by atoms with Crippen molar-refractivity contribution in [3.05, 3.63) is 33.2 Å². The molecule has 1 aromatic heterocycles. The Kier molecular flexibility index (Phi) is 2.09. The Morgan fingerprint density at radius 3 is 2.80 bits per heavy atom. The predicted octanol–water partition coefficient (Wildman–Crippen LogP) is 0.521. The first-order valence-corrected chi connectivity index (χ1v) is 3.10. The third-order valence-electron chi connectivity index (χ3n) is 1.09. The van der Waals surface area contributed by atoms with Gasteiger partial charge in [-0.3, -0.25) is 4.79 Å². The Morgan fingerprint density at radius 1 is 1.60 bits per heavy atom. The van der Waals surface area contributed by atoms with Gasteiger partial charge in [0.05, 0.1) is 6.61 Å². The molecule has 3 nitrogen and oxygen atoms in total. The molecule has 0 spiro atoms. The van der Waals surface area contributed by atoms with E-state index < -0.39 is 0 Å². The van der Waals surface area contributed by atoms with Crippen LogP contribution < -0.4 is 5.56 Å². The summed E-state index contributed by atoms with van der Waals surface area (Å²) in [7, 11) is 0. The summed E-state index contributed by atoms with van der Waals surface area (Å²) in [6.07, 6.45) is 0. The molecule has 0 aromatic carbocycles. The number of hydrogen-bond acceptors (Lipinski definition) is 2. The number of H-pyrrole nitrogens is 1. The van der Waals surface area contributed by atoms with Crippen LogP contribution >= 0.6 is 11.6 Å². The number of aliphatic hydroxyl groups is 1. The van der Waals surface area contributed by atoms with Crippen molar-refractivity contribution in [3.8, 4) is 0 Å². The van der Waals surface area contributed by atoms with Gasteiger partial charge in [-0.2, -0.15) is 0 Å². The van der Waals surface area contributed by atoms with Gasteiger partial charge in [0.2, 0.25) is 0 Å². The number of nitrogens with one attached hydrogen (secondary N) is 1. The van der Waals surface area contributed by atoms with E-state index in [9.17, 15) is 4.79 Å². The van der Waals surface area contributed by atoms with Crippen molar-refractivity contribution < 1.29 is 5.11 Å². The predicted molar refractivity (Wildman–Crippen MR) is 38.0 cm³/mol. The van der Waals surface area contributed by atoms with Crippen molar-refractivity contribution in [1.82, 2.24) is 4.98 Å². The quantitative estimate of drug-likeness (QED) is 0.628. The summed E-state index contributed by atoms with van der Waals surface area (Å²) in [4.78, 5) is 13.1. The van der Waals surface area contributed by atoms with Crippen LogP contribution in [0.3, 0.4) is 0 Å². The third-order valence-corrected chi connectivity index (χ3v) is 1.39. The number of halogens is 1. The van der Waals surface area contributed by atoms with E-state index in [0.717, 1.165) is 0 Å². The molecule has 0 bridgehead atoms. The van der Waals surface area contributed by atoms with E-state index >= 15 is 0 Å². The minimum atomic E-state index is -0.367. The second-order valence-electron chi connectivity index (χ2n) is 1.82. The van der Waals surface area contributed by atoms with Crippen LogP contribution in [-0.4, -0.2) is 10.1 Å². The number of aliphatic hydroxyl groups excluding tert-OH is 1. The van der Waals surface area contributed by atoms with Gasteiger partial charge in [0, 0.05) is 5.69 Å². The van der Waals surface area contributed by atoms with Gasteiger partial charge >= 0.3 is 0 Å². The molecular formula is C6H6ClNO2. The van der Waals surface area contributed by atoms with Crippen LogP contribution in [0.5, 0.6) is 0 Å². The van der Waals surface area contributed by atoms with Gasteiger partial charge in [-0.15, -0.1) is 0 Å². The standard InChI is InChI=1S/C6H6ClNO2/c7-5-2-1-4(3-9)8-6(5)10/h1-2,9H,3H2,(H,8,10). The van der Waals surface area contributed by atoms with Gasteiger partial charge in [-0.1, -0.05) is 11.6 Å². The number of aromatic nitrogens is 1. The van der Waals surface area contributed by atoms with Crippen molar-refractivity contribution in [1.29, 1.82) is 0 Å². The lowest BCUT2D eigenvalue weighted by molar-refractivity contribution is 0.276. The molecule has 0 saturated heterocycles. The van der Waals surface area contributed by atoms with Crippen molar-refractivity contribution in [2.24, 2.45) is 0 Å². The molecule has 0 fully saturated rings. The molecule has 0 aliphatic heterocycles. The Labute approximate surface area is 62.3 Å². The highest BCUT2D eigenvalue weighted by atomic mass is 35.5. The molecule has 10 heavy (non-hydrogen) atoms. The summed E-state index contributed by atoms with van der Waals surface area (Å²) in [5.74, 6) is 0. The SMILES string of the molecule is O=c1[nH]c(CO)ccc1Cl. The lowest BCUT2D eigenvalue weighted by Crippen LogP contribution is -2.08. The first kappa shape index (κ1) is 7.31. The van der Waals surface area contributed by atoms with Crippen molar-refractivity contribution >= 4 is 11.6 Å². The maximum atomic E-state index is 10.7. The van der Waals surface area contributed by atoms with Crippen LogP contribution in [0.2, 0.25) is 5.02 Å². The summed E-state index contributed by atoms with van der Waals surface area (Å²) in [6.45, 7) is -0.174. The molecule has 4 heteroatoms. The van der Waals surface area contributed by atoms with Gasteiger partial charge in [0.25, 0.3) is 5.56 Å². The molecular weight excluding hydrogens is 154 g/mol. The van der Waals surface area contributed by atoms with Crippen LogP contribution in [0.1, 0.15) is 5.69 Å². The average Bonchev–Trinajstić information content (AvgIpc) is 1.95. The van der Waals surface area contributed by atoms with Gasteiger partial charge in [0.15, 0.2) is 0 Å². The lowest BCUT2D eigenvalue weighted by atomic mass is 10.4. The summed E-state index contributed by atoms with van der Waals surface area (Å²) in [5, 5.41) is 8.68. The van der Waals surface area contributed by atoms with Crippen LogP contribution in [0.25, 0.3) is 0 Å². The molecule has 1 heterocycles. The monoisotopic (exact) mass is 159 g/mol. The van der Waals surface area contributed by atoms with Crippen LogP contribution in [0.15, 0.2) is 16.9 Å². The second-order valence-corrected chi connectivity index (χ2v) is 2.23. The zero-order chi connectivity index (χ0) is 7.56. The summed E-state index contributed by atoms with van der Waals surface area (Å²) < 4.78 is 0. The fourth-order valence-corrected chi connectivity index (χ4v) is 0.699. The molecule has 1 rings (SSSR count). The Balaban J connectivity index is 3.17. The molecule has 54 valence electrons. The van der Waals surface area contributed by atoms with E-state index in [2.05, 4.69) is 4.98 Å². The Bertz CT molecular complexity index is 281. The van der Waals surface area contributed by atoms with Crippen LogP contribution in [-0.2, 0) is 6.61 Å². The molecule has 0 aliphatic carbocycles. The lowest BCUT2D eigenvalue weighted by Gasteiger charge is -1.93. The molecule has 0 amide bonds. The third kappa shape index (κ3) is 1.37. The van der Waals surface area contributed by atoms with Crippen LogP contribution in [0.4, 0.5) is 0 Å². The zero-order valence-corrected chi connectivity index (χ0v) is 5.85. The smallest absolute Gasteiger partial charge is 0.266 e. The fourth-order valence-electron chi connectivity index (χ4n) is 0.589. The number of aromatic amines is 1. The molecule has 0 atom stereocenters. The highest BCUT2D eigenvalue weighted by Gasteiger charge is 1.94. The van der Waals surface area contributed by atoms with E-state index in [1.807, 2.05) is 0 Å². The van der Waals surface area contributed by atoms with E-state index in [4.69, 9.17) is 16.7 Å². The van der Waals surface area contributed by atoms with Crippen LogP contribution in [0, 0.1) is 0 Å². The van der Waals surface area contributed by atoms with E-state index in [0.29, 0.717) is 5.69 Å². The van der Waals surface area contributed by atoms with Crippen molar-refractivity contribution in [3.63, 3.8) is 0 Å². The Hall–Kier alpha value is -0.800. The van der Waals surface area contributed by atoms with E-state index in [1.165, 1.54) is 6.07 Å². The minimum Gasteiger partial charge on any atom is -0.390 e. The first-order chi connectivity index (χ1) is 4.74. The van der Waals surface area contributed by atoms with Gasteiger partial charge in [-0.25, -0.2) is 0 Å². The topological polar surface area (TPSA) is 53.1 Å². The number of hydrogen-bond donors (Lipinski definition) is 2. The summed E-state index contributed by atoms with van der Waals surface area (Å²) >= 11 is 5.41. The van der Waals surface area contributed by atoms with Gasteiger partial charge in [0.1, 0.15) is 5.02 Å². The second kappa shape index (κ2) is 2.86. The van der Waals surface area contributed by atoms with Gasteiger partial charge in [-0.05, 0) is 12.1 Å². The van der Waals surface area contributed by atoms with Crippen molar-refractivity contribution in [2.75, 3.05) is 0 Å². The normalized spacial score (nSPS) is 9.80. The van der Waals surface area contributed by atoms with E-state index in [1.54, 1.807) is 6.07 Å². The zero-order valence-electron chi connectivity index (χ0n) is 5.10. The number of pyridine rings is 1. The summed E-state index contributed by atoms with van der Waals surface area (Å²) in [5.41, 5.74) is 0.0996. The first-order valence-electron chi connectivity index (χ1n) is 2.72. The Morgan fingerprint density at radius 2 is 2.30 bits per heavy atom. The highest BCUT2D eigenvalue weighted by Crippen LogP contribution is 1.99. The molecule has 0 unspecified atom stereocenters. The molecule has 1 aromatic rings. The highest BCUT2D eigenvalue weighted by molar-refractivity contribution is 6.30. The summed E-state index contributed by atoms with van der Waals surface area (Å²) in [6, 6.07) is 3.01. The fraction of sp³-hybridized carbons (Fsp3) is 0.167. The van der Waals surface area contributed by atoms with E-state index in [-0.39, 0.29) is 17.2 Å². The minimum absolute atomic E-state index is 0.136. The number of rotatable bonds is 1. The molecule has 2 N–H and O–H groups in total. The molecule has 0 saturated carbocycles. The molecule has 0 radical (unpaired) electrons. The molecule has 0 aliphatic rings. The maximum absolute atomic E-state index is 10.7. The largest absolute Gasteiger partial charge is 0.390 e.